The minimum Gasteiger partial charge on any atom is -0.483 e. The highest BCUT2D eigenvalue weighted by Gasteiger charge is 2.35. The molecule has 2 aromatic rings. The van der Waals surface area contributed by atoms with Gasteiger partial charge in [-0.3, -0.25) is 29.4 Å². The molecule has 1 aliphatic heterocycles. The molecule has 1 aliphatic rings. The van der Waals surface area contributed by atoms with E-state index in [1.807, 2.05) is 0 Å². The molecule has 0 aliphatic carbocycles. The number of thioether (sulfide) groups is 1. The number of hydrogen-bond donors (Lipinski definition) is 1. The number of carbonyl (C=O) groups excluding carboxylic acids is 3. The molecule has 0 spiro atoms. The molecule has 1 heterocycles. The Labute approximate surface area is 169 Å². The third-order valence-corrected chi connectivity index (χ3v) is 4.84. The van der Waals surface area contributed by atoms with E-state index < -0.39 is 22.0 Å². The predicted octanol–water partition coefficient (Wildman–Crippen LogP) is 2.70. The van der Waals surface area contributed by atoms with Gasteiger partial charge in [0.05, 0.1) is 16.4 Å². The van der Waals surface area contributed by atoms with Gasteiger partial charge in [0.2, 0.25) is 0 Å². The van der Waals surface area contributed by atoms with Crippen molar-refractivity contribution in [1.82, 2.24) is 4.90 Å². The summed E-state index contributed by atoms with van der Waals surface area (Å²) in [6, 6.07) is 12.4. The Morgan fingerprint density at radius 2 is 1.86 bits per heavy atom. The summed E-state index contributed by atoms with van der Waals surface area (Å²) >= 11 is 0.780. The van der Waals surface area contributed by atoms with Gasteiger partial charge in [-0.25, -0.2) is 0 Å². The van der Waals surface area contributed by atoms with Crippen LogP contribution in [0.2, 0.25) is 0 Å². The Kier molecular flexibility index (Phi) is 5.93. The summed E-state index contributed by atoms with van der Waals surface area (Å²) in [6.45, 7) is -0.313. The zero-order chi connectivity index (χ0) is 21.0. The van der Waals surface area contributed by atoms with Crippen molar-refractivity contribution in [2.75, 3.05) is 6.61 Å². The molecule has 0 saturated carbocycles. The Hall–Kier alpha value is -3.66. The second-order valence-corrected chi connectivity index (χ2v) is 6.98. The van der Waals surface area contributed by atoms with E-state index in [1.165, 1.54) is 30.3 Å². The van der Waals surface area contributed by atoms with Crippen LogP contribution in [-0.4, -0.2) is 33.5 Å². The lowest BCUT2D eigenvalue weighted by molar-refractivity contribution is -0.384. The predicted molar refractivity (Wildman–Crippen MR) is 106 cm³/mol. The first-order valence-electron chi connectivity index (χ1n) is 8.34. The summed E-state index contributed by atoms with van der Waals surface area (Å²) in [7, 11) is 0. The van der Waals surface area contributed by atoms with Crippen molar-refractivity contribution in [3.8, 4) is 5.75 Å². The molecular formula is C19H15N3O6S. The van der Waals surface area contributed by atoms with Crippen molar-refractivity contribution in [1.29, 1.82) is 0 Å². The molecule has 0 atom stereocenters. The van der Waals surface area contributed by atoms with Crippen LogP contribution < -0.4 is 10.5 Å². The van der Waals surface area contributed by atoms with Crippen LogP contribution in [0, 0.1) is 10.1 Å². The molecule has 0 unspecified atom stereocenters. The van der Waals surface area contributed by atoms with Crippen molar-refractivity contribution in [2.24, 2.45) is 5.73 Å². The number of primary amides is 1. The fourth-order valence-electron chi connectivity index (χ4n) is 2.56. The number of rotatable bonds is 7. The lowest BCUT2D eigenvalue weighted by atomic mass is 10.1. The van der Waals surface area contributed by atoms with Gasteiger partial charge in [-0.05, 0) is 29.5 Å². The normalized spacial score (nSPS) is 15.0. The van der Waals surface area contributed by atoms with Crippen molar-refractivity contribution in [2.45, 2.75) is 6.54 Å². The molecule has 3 amide bonds. The summed E-state index contributed by atoms with van der Waals surface area (Å²) in [5, 5.41) is 10.3. The van der Waals surface area contributed by atoms with E-state index >= 15 is 0 Å². The zero-order valence-corrected chi connectivity index (χ0v) is 15.8. The molecule has 2 N–H and O–H groups in total. The fraction of sp³-hybridized carbons (Fsp3) is 0.105. The van der Waals surface area contributed by atoms with Gasteiger partial charge in [0.15, 0.2) is 6.61 Å². The maximum atomic E-state index is 12.7. The number of non-ortho nitro benzene ring substituents is 1. The molecule has 148 valence electrons. The zero-order valence-electron chi connectivity index (χ0n) is 14.9. The van der Waals surface area contributed by atoms with E-state index in [2.05, 4.69) is 0 Å². The number of carbonyl (C=O) groups is 3. The van der Waals surface area contributed by atoms with Crippen LogP contribution in [0.5, 0.6) is 5.75 Å². The van der Waals surface area contributed by atoms with Crippen LogP contribution in [0.15, 0.2) is 53.4 Å². The van der Waals surface area contributed by atoms with E-state index in [0.29, 0.717) is 16.9 Å². The van der Waals surface area contributed by atoms with Gasteiger partial charge in [-0.1, -0.05) is 30.3 Å². The summed E-state index contributed by atoms with van der Waals surface area (Å²) in [5.74, 6) is -0.764. The lowest BCUT2D eigenvalue weighted by Gasteiger charge is -2.12. The average molecular weight is 413 g/mol. The maximum Gasteiger partial charge on any atom is 0.293 e. The van der Waals surface area contributed by atoms with Gasteiger partial charge < -0.3 is 10.5 Å². The topological polar surface area (TPSA) is 133 Å². The van der Waals surface area contributed by atoms with Crippen molar-refractivity contribution >= 4 is 40.6 Å². The first-order chi connectivity index (χ1) is 13.8. The van der Waals surface area contributed by atoms with E-state index in [1.54, 1.807) is 24.3 Å². The molecule has 3 rings (SSSR count). The summed E-state index contributed by atoms with van der Waals surface area (Å²) < 4.78 is 5.33. The van der Waals surface area contributed by atoms with Gasteiger partial charge in [0, 0.05) is 17.7 Å². The second-order valence-electron chi connectivity index (χ2n) is 5.98. The Morgan fingerprint density at radius 3 is 2.52 bits per heavy atom. The van der Waals surface area contributed by atoms with Gasteiger partial charge >= 0.3 is 0 Å². The average Bonchev–Trinajstić information content (AvgIpc) is 2.95. The quantitative estimate of drug-likeness (QED) is 0.419. The van der Waals surface area contributed by atoms with E-state index in [-0.39, 0.29) is 23.7 Å². The van der Waals surface area contributed by atoms with E-state index in [9.17, 15) is 24.5 Å². The molecular weight excluding hydrogens is 398 g/mol. The van der Waals surface area contributed by atoms with Crippen LogP contribution in [0.25, 0.3) is 6.08 Å². The third kappa shape index (κ3) is 4.79. The summed E-state index contributed by atoms with van der Waals surface area (Å²) in [4.78, 5) is 47.4. The highest BCUT2D eigenvalue weighted by molar-refractivity contribution is 8.18. The highest BCUT2D eigenvalue weighted by atomic mass is 32.2. The number of para-hydroxylation sites is 1. The van der Waals surface area contributed by atoms with Crippen LogP contribution in [0.1, 0.15) is 11.1 Å². The Bertz CT molecular complexity index is 1020. The standard InChI is InChI=1S/C19H15N3O6S/c20-17(23)11-28-15-4-2-1-3-13(15)9-16-18(24)21(19(25)29-16)10-12-5-7-14(8-6-12)22(26)27/h1-9H,10-11H2,(H2,20,23)/b16-9+. The third-order valence-electron chi connectivity index (χ3n) is 3.94. The number of benzene rings is 2. The van der Waals surface area contributed by atoms with E-state index in [0.717, 1.165) is 16.7 Å². The van der Waals surface area contributed by atoms with Crippen molar-refractivity contribution < 1.29 is 24.0 Å². The number of hydrogen-bond acceptors (Lipinski definition) is 7. The van der Waals surface area contributed by atoms with Crippen molar-refractivity contribution in [3.63, 3.8) is 0 Å². The number of nitrogens with two attached hydrogens (primary N) is 1. The highest BCUT2D eigenvalue weighted by Crippen LogP contribution is 2.35. The minimum atomic E-state index is -0.636. The van der Waals surface area contributed by atoms with Gasteiger partial charge in [0.25, 0.3) is 22.7 Å². The molecule has 29 heavy (non-hydrogen) atoms. The number of ether oxygens (including phenoxy) is 1. The number of amides is 3. The van der Waals surface area contributed by atoms with Gasteiger partial charge in [-0.2, -0.15) is 0 Å². The van der Waals surface area contributed by atoms with Crippen LogP contribution in [0.4, 0.5) is 10.5 Å². The van der Waals surface area contributed by atoms with Crippen molar-refractivity contribution in [3.05, 3.63) is 74.7 Å². The lowest BCUT2D eigenvalue weighted by Crippen LogP contribution is -2.27. The second kappa shape index (κ2) is 8.57. The summed E-state index contributed by atoms with van der Waals surface area (Å²) in [6.07, 6.45) is 1.51. The number of nitrogens with zero attached hydrogens (tertiary/aromatic N) is 2. The molecule has 1 saturated heterocycles. The van der Waals surface area contributed by atoms with Gasteiger partial charge in [0.1, 0.15) is 5.75 Å². The fourth-order valence-corrected chi connectivity index (χ4v) is 3.39. The van der Waals surface area contributed by atoms with Gasteiger partial charge in [-0.15, -0.1) is 0 Å². The van der Waals surface area contributed by atoms with Crippen LogP contribution in [-0.2, 0) is 16.1 Å². The minimum absolute atomic E-state index is 0.000175. The first kappa shape index (κ1) is 20.1. The molecule has 0 radical (unpaired) electrons. The monoisotopic (exact) mass is 413 g/mol. The number of nitro benzene ring substituents is 1. The molecule has 0 aromatic heterocycles. The van der Waals surface area contributed by atoms with E-state index in [4.69, 9.17) is 10.5 Å². The number of nitro groups is 1. The molecule has 10 heteroatoms. The molecule has 1 fully saturated rings. The summed E-state index contributed by atoms with van der Waals surface area (Å²) in [5.41, 5.74) is 6.12. The maximum absolute atomic E-state index is 12.7. The SMILES string of the molecule is NC(=O)COc1ccccc1/C=C1/SC(=O)N(Cc2ccc([N+](=O)[O-])cc2)C1=O. The first-order valence-corrected chi connectivity index (χ1v) is 9.15. The largest absolute Gasteiger partial charge is 0.483 e. The van der Waals surface area contributed by atoms with Crippen LogP contribution in [0.3, 0.4) is 0 Å². The number of imide groups is 1. The smallest absolute Gasteiger partial charge is 0.293 e. The Morgan fingerprint density at radius 1 is 1.17 bits per heavy atom. The Balaban J connectivity index is 1.78. The molecule has 2 aromatic carbocycles. The molecule has 0 bridgehead atoms. The van der Waals surface area contributed by atoms with Crippen LogP contribution >= 0.6 is 11.8 Å². The molecule has 9 nitrogen and oxygen atoms in total.